The van der Waals surface area contributed by atoms with E-state index in [0.717, 1.165) is 4.31 Å². The van der Waals surface area contributed by atoms with Crippen LogP contribution in [-0.4, -0.2) is 42.7 Å². The molecule has 0 saturated heterocycles. The summed E-state index contributed by atoms with van der Waals surface area (Å²) >= 11 is 1.24. The van der Waals surface area contributed by atoms with E-state index < -0.39 is 10.0 Å². The van der Waals surface area contributed by atoms with Gasteiger partial charge in [0.15, 0.2) is 0 Å². The summed E-state index contributed by atoms with van der Waals surface area (Å²) in [5, 5.41) is 3.40. The second-order valence-corrected chi connectivity index (χ2v) is 9.07. The SMILES string of the molecule is Cc1nc(-c2ccccn2)sc1C(=O)Nc1cccc(S(=O)(=O)N(C)C)c1. The third-order valence-corrected chi connectivity index (χ3v) is 6.75. The first kappa shape index (κ1) is 19.2. The average Bonchev–Trinajstić information content (AvgIpc) is 3.04. The second-order valence-electron chi connectivity index (χ2n) is 5.92. The van der Waals surface area contributed by atoms with Crippen LogP contribution in [0.4, 0.5) is 5.69 Å². The number of carbonyl (C=O) groups excluding carboxylic acids is 1. The Labute approximate surface area is 161 Å². The van der Waals surface area contributed by atoms with Gasteiger partial charge in [-0.05, 0) is 37.3 Å². The van der Waals surface area contributed by atoms with Crippen LogP contribution in [0, 0.1) is 6.92 Å². The Morgan fingerprint density at radius 1 is 1.15 bits per heavy atom. The van der Waals surface area contributed by atoms with Crippen molar-refractivity contribution < 1.29 is 13.2 Å². The number of hydrogen-bond donors (Lipinski definition) is 1. The number of hydrogen-bond acceptors (Lipinski definition) is 6. The van der Waals surface area contributed by atoms with Crippen LogP contribution < -0.4 is 5.32 Å². The fourth-order valence-electron chi connectivity index (χ4n) is 2.34. The molecule has 3 rings (SSSR count). The summed E-state index contributed by atoms with van der Waals surface area (Å²) in [5.74, 6) is -0.341. The minimum Gasteiger partial charge on any atom is -0.321 e. The highest BCUT2D eigenvalue weighted by atomic mass is 32.2. The monoisotopic (exact) mass is 402 g/mol. The first-order valence-corrected chi connectivity index (χ1v) is 10.3. The first-order chi connectivity index (χ1) is 12.8. The fourth-order valence-corrected chi connectivity index (χ4v) is 4.23. The third-order valence-electron chi connectivity index (χ3n) is 3.76. The molecule has 7 nitrogen and oxygen atoms in total. The van der Waals surface area contributed by atoms with Gasteiger partial charge in [-0.1, -0.05) is 12.1 Å². The van der Waals surface area contributed by atoms with Gasteiger partial charge in [0.05, 0.1) is 16.3 Å². The largest absolute Gasteiger partial charge is 0.321 e. The maximum absolute atomic E-state index is 12.7. The zero-order valence-electron chi connectivity index (χ0n) is 15.0. The number of thiazole rings is 1. The van der Waals surface area contributed by atoms with Crippen molar-refractivity contribution in [1.29, 1.82) is 0 Å². The molecule has 0 atom stereocenters. The minimum atomic E-state index is -3.58. The minimum absolute atomic E-state index is 0.112. The summed E-state index contributed by atoms with van der Waals surface area (Å²) in [6, 6.07) is 11.6. The molecule has 140 valence electrons. The highest BCUT2D eigenvalue weighted by Crippen LogP contribution is 2.27. The van der Waals surface area contributed by atoms with Crippen LogP contribution in [0.5, 0.6) is 0 Å². The molecule has 9 heteroatoms. The standard InChI is InChI=1S/C18H18N4O3S2/c1-12-16(26-18(20-12)15-9-4-5-10-19-15)17(23)21-13-7-6-8-14(11-13)27(24,25)22(2)3/h4-11H,1-3H3,(H,21,23). The van der Waals surface area contributed by atoms with Crippen molar-refractivity contribution in [3.05, 3.63) is 59.2 Å². The Hall–Kier alpha value is -2.62. The third kappa shape index (κ3) is 4.05. The van der Waals surface area contributed by atoms with E-state index in [1.54, 1.807) is 25.3 Å². The molecule has 3 aromatic rings. The van der Waals surface area contributed by atoms with E-state index in [4.69, 9.17) is 0 Å². The molecule has 1 aromatic carbocycles. The lowest BCUT2D eigenvalue weighted by molar-refractivity contribution is 0.102. The highest BCUT2D eigenvalue weighted by molar-refractivity contribution is 7.89. The normalized spacial score (nSPS) is 11.6. The van der Waals surface area contributed by atoms with Crippen LogP contribution in [0.15, 0.2) is 53.6 Å². The van der Waals surface area contributed by atoms with Crippen molar-refractivity contribution in [3.8, 4) is 10.7 Å². The lowest BCUT2D eigenvalue weighted by Gasteiger charge is -2.12. The molecule has 0 aliphatic heterocycles. The number of nitrogens with one attached hydrogen (secondary N) is 1. The van der Waals surface area contributed by atoms with E-state index in [1.165, 1.54) is 37.6 Å². The quantitative estimate of drug-likeness (QED) is 0.708. The van der Waals surface area contributed by atoms with Crippen molar-refractivity contribution >= 4 is 33.0 Å². The number of rotatable bonds is 5. The molecule has 0 radical (unpaired) electrons. The number of amides is 1. The summed E-state index contributed by atoms with van der Waals surface area (Å²) < 4.78 is 25.6. The van der Waals surface area contributed by atoms with Gasteiger partial charge in [-0.3, -0.25) is 9.78 Å². The Bertz CT molecular complexity index is 1080. The molecular formula is C18H18N4O3S2. The van der Waals surface area contributed by atoms with Crippen LogP contribution in [0.3, 0.4) is 0 Å². The molecule has 0 unspecified atom stereocenters. The van der Waals surface area contributed by atoms with E-state index in [9.17, 15) is 13.2 Å². The lowest BCUT2D eigenvalue weighted by atomic mass is 10.3. The van der Waals surface area contributed by atoms with Crippen molar-refractivity contribution in [2.75, 3.05) is 19.4 Å². The van der Waals surface area contributed by atoms with Crippen LogP contribution >= 0.6 is 11.3 Å². The van der Waals surface area contributed by atoms with Gasteiger partial charge in [-0.15, -0.1) is 11.3 Å². The number of nitrogens with zero attached hydrogens (tertiary/aromatic N) is 3. The van der Waals surface area contributed by atoms with Crippen molar-refractivity contribution in [2.24, 2.45) is 0 Å². The number of aryl methyl sites for hydroxylation is 1. The topological polar surface area (TPSA) is 92.3 Å². The molecule has 2 aromatic heterocycles. The van der Waals surface area contributed by atoms with Crippen molar-refractivity contribution in [3.63, 3.8) is 0 Å². The molecule has 0 aliphatic carbocycles. The van der Waals surface area contributed by atoms with Gasteiger partial charge >= 0.3 is 0 Å². The van der Waals surface area contributed by atoms with Crippen LogP contribution in [0.2, 0.25) is 0 Å². The Balaban J connectivity index is 1.86. The summed E-state index contributed by atoms with van der Waals surface area (Å²) in [7, 11) is -0.658. The molecule has 2 heterocycles. The predicted molar refractivity (Wildman–Crippen MR) is 105 cm³/mol. The maximum atomic E-state index is 12.7. The zero-order chi connectivity index (χ0) is 19.6. The van der Waals surface area contributed by atoms with E-state index >= 15 is 0 Å². The van der Waals surface area contributed by atoms with E-state index in [2.05, 4.69) is 15.3 Å². The number of benzene rings is 1. The number of aromatic nitrogens is 2. The van der Waals surface area contributed by atoms with E-state index in [0.29, 0.717) is 27.0 Å². The average molecular weight is 403 g/mol. The summed E-state index contributed by atoms with van der Waals surface area (Å²) in [4.78, 5) is 21.9. The predicted octanol–water partition coefficient (Wildman–Crippen LogP) is 3.02. The van der Waals surface area contributed by atoms with Gasteiger partial charge in [0.25, 0.3) is 5.91 Å². The molecule has 0 fully saturated rings. The maximum Gasteiger partial charge on any atom is 0.267 e. The Morgan fingerprint density at radius 3 is 2.59 bits per heavy atom. The molecular weight excluding hydrogens is 384 g/mol. The van der Waals surface area contributed by atoms with Gasteiger partial charge < -0.3 is 5.32 Å². The number of pyridine rings is 1. The Kier molecular flexibility index (Phi) is 5.36. The number of carbonyl (C=O) groups is 1. The van der Waals surface area contributed by atoms with E-state index in [-0.39, 0.29) is 10.8 Å². The summed E-state index contributed by atoms with van der Waals surface area (Å²) in [5.41, 5.74) is 1.69. The lowest BCUT2D eigenvalue weighted by Crippen LogP contribution is -2.22. The van der Waals surface area contributed by atoms with Gasteiger partial charge in [-0.25, -0.2) is 17.7 Å². The first-order valence-electron chi connectivity index (χ1n) is 8.02. The van der Waals surface area contributed by atoms with Gasteiger partial charge in [0.2, 0.25) is 10.0 Å². The second kappa shape index (κ2) is 7.55. The molecule has 27 heavy (non-hydrogen) atoms. The van der Waals surface area contributed by atoms with E-state index in [1.807, 2.05) is 18.2 Å². The molecule has 0 saturated carbocycles. The Morgan fingerprint density at radius 2 is 1.93 bits per heavy atom. The molecule has 0 bridgehead atoms. The van der Waals surface area contributed by atoms with Crippen LogP contribution in [0.1, 0.15) is 15.4 Å². The fraction of sp³-hybridized carbons (Fsp3) is 0.167. The van der Waals surface area contributed by atoms with Gasteiger partial charge in [0, 0.05) is 26.0 Å². The molecule has 0 aliphatic rings. The van der Waals surface area contributed by atoms with Crippen molar-refractivity contribution in [2.45, 2.75) is 11.8 Å². The van der Waals surface area contributed by atoms with Gasteiger partial charge in [-0.2, -0.15) is 0 Å². The zero-order valence-corrected chi connectivity index (χ0v) is 16.6. The molecule has 0 spiro atoms. The molecule has 1 amide bonds. The number of sulfonamides is 1. The molecule has 1 N–H and O–H groups in total. The van der Waals surface area contributed by atoms with Crippen LogP contribution in [-0.2, 0) is 10.0 Å². The number of anilines is 1. The van der Waals surface area contributed by atoms with Gasteiger partial charge in [0.1, 0.15) is 9.88 Å². The van der Waals surface area contributed by atoms with Crippen molar-refractivity contribution in [1.82, 2.24) is 14.3 Å². The smallest absolute Gasteiger partial charge is 0.267 e. The van der Waals surface area contributed by atoms with Crippen LogP contribution in [0.25, 0.3) is 10.7 Å². The highest BCUT2D eigenvalue weighted by Gasteiger charge is 2.20. The summed E-state index contributed by atoms with van der Waals surface area (Å²) in [6.45, 7) is 1.75. The summed E-state index contributed by atoms with van der Waals surface area (Å²) in [6.07, 6.45) is 1.67.